The molecule has 0 atom stereocenters. The molecular formula is C18H16FN3O3. The van der Waals surface area contributed by atoms with E-state index in [2.05, 4.69) is 10.3 Å². The minimum atomic E-state index is -0.594. The summed E-state index contributed by atoms with van der Waals surface area (Å²) in [7, 11) is 1.57. The molecule has 3 aromatic rings. The molecule has 1 heterocycles. The molecule has 0 aliphatic carbocycles. The Kier molecular flexibility index (Phi) is 4.74. The number of hydrogen-bond acceptors (Lipinski definition) is 5. The summed E-state index contributed by atoms with van der Waals surface area (Å²) in [6, 6.07) is 13.1. The number of rotatable bonds is 5. The molecule has 0 amide bonds. The van der Waals surface area contributed by atoms with Crippen molar-refractivity contribution in [2.24, 2.45) is 0 Å². The van der Waals surface area contributed by atoms with Crippen LogP contribution in [0.15, 0.2) is 48.5 Å². The Hall–Kier alpha value is -3.22. The van der Waals surface area contributed by atoms with Gasteiger partial charge in [0.15, 0.2) is 5.69 Å². The van der Waals surface area contributed by atoms with Crippen molar-refractivity contribution in [3.05, 3.63) is 71.3 Å². The number of aromatic nitrogens is 3. The maximum absolute atomic E-state index is 13.4. The maximum Gasteiger partial charge on any atom is 0.361 e. The molecule has 0 fully saturated rings. The van der Waals surface area contributed by atoms with E-state index in [-0.39, 0.29) is 12.3 Å². The van der Waals surface area contributed by atoms with Crippen LogP contribution in [-0.4, -0.2) is 28.1 Å². The molecule has 0 bridgehead atoms. The quantitative estimate of drug-likeness (QED) is 0.667. The molecule has 3 rings (SSSR count). The lowest BCUT2D eigenvalue weighted by molar-refractivity contribution is 0.0464. The van der Waals surface area contributed by atoms with Gasteiger partial charge in [0.05, 0.1) is 18.5 Å². The van der Waals surface area contributed by atoms with E-state index in [0.29, 0.717) is 17.1 Å². The van der Waals surface area contributed by atoms with Crippen molar-refractivity contribution >= 4 is 5.97 Å². The van der Waals surface area contributed by atoms with Gasteiger partial charge in [-0.15, -0.1) is 5.10 Å². The highest BCUT2D eigenvalue weighted by Gasteiger charge is 2.19. The third-order valence-electron chi connectivity index (χ3n) is 3.64. The van der Waals surface area contributed by atoms with E-state index in [1.165, 1.54) is 16.8 Å². The highest BCUT2D eigenvalue weighted by atomic mass is 19.1. The molecule has 0 saturated carbocycles. The maximum atomic E-state index is 13.4. The molecule has 0 aliphatic rings. The van der Waals surface area contributed by atoms with Crippen LogP contribution >= 0.6 is 0 Å². The molecule has 2 aromatic carbocycles. The Labute approximate surface area is 143 Å². The van der Waals surface area contributed by atoms with Crippen LogP contribution in [0.5, 0.6) is 5.75 Å². The molecule has 128 valence electrons. The second kappa shape index (κ2) is 7.12. The van der Waals surface area contributed by atoms with E-state index in [1.54, 1.807) is 38.3 Å². The van der Waals surface area contributed by atoms with E-state index in [9.17, 15) is 9.18 Å². The van der Waals surface area contributed by atoms with Gasteiger partial charge in [-0.2, -0.15) is 0 Å². The summed E-state index contributed by atoms with van der Waals surface area (Å²) in [6.07, 6.45) is 0. The SMILES string of the molecule is COc1cccc(COC(=O)c2nnn(-c3cccc(F)c3)c2C)c1. The Morgan fingerprint density at radius 3 is 2.76 bits per heavy atom. The van der Waals surface area contributed by atoms with Crippen LogP contribution in [0.4, 0.5) is 4.39 Å². The first kappa shape index (κ1) is 16.6. The molecule has 6 nitrogen and oxygen atoms in total. The first-order valence-electron chi connectivity index (χ1n) is 7.57. The number of benzene rings is 2. The number of hydrogen-bond donors (Lipinski definition) is 0. The van der Waals surface area contributed by atoms with E-state index in [1.807, 2.05) is 12.1 Å². The average Bonchev–Trinajstić information content (AvgIpc) is 3.01. The summed E-state index contributed by atoms with van der Waals surface area (Å²) >= 11 is 0. The van der Waals surface area contributed by atoms with Crippen molar-refractivity contribution in [2.75, 3.05) is 7.11 Å². The van der Waals surface area contributed by atoms with Gasteiger partial charge in [0.2, 0.25) is 0 Å². The highest BCUT2D eigenvalue weighted by molar-refractivity contribution is 5.88. The number of halogens is 1. The minimum Gasteiger partial charge on any atom is -0.497 e. The van der Waals surface area contributed by atoms with Crippen molar-refractivity contribution in [2.45, 2.75) is 13.5 Å². The van der Waals surface area contributed by atoms with E-state index >= 15 is 0 Å². The van der Waals surface area contributed by atoms with Gasteiger partial charge in [-0.1, -0.05) is 23.4 Å². The fourth-order valence-corrected chi connectivity index (χ4v) is 2.35. The molecule has 25 heavy (non-hydrogen) atoms. The van der Waals surface area contributed by atoms with Crippen molar-refractivity contribution in [1.82, 2.24) is 15.0 Å². The molecule has 0 radical (unpaired) electrons. The molecule has 0 aliphatic heterocycles. The molecule has 0 saturated heterocycles. The van der Waals surface area contributed by atoms with E-state index < -0.39 is 11.8 Å². The Morgan fingerprint density at radius 1 is 1.20 bits per heavy atom. The molecule has 0 spiro atoms. The van der Waals surface area contributed by atoms with Crippen LogP contribution in [0.3, 0.4) is 0 Å². The topological polar surface area (TPSA) is 66.2 Å². The van der Waals surface area contributed by atoms with Crippen molar-refractivity contribution in [3.8, 4) is 11.4 Å². The van der Waals surface area contributed by atoms with Crippen LogP contribution in [0.2, 0.25) is 0 Å². The Balaban J connectivity index is 1.74. The number of ether oxygens (including phenoxy) is 2. The first-order chi connectivity index (χ1) is 12.1. The standard InChI is InChI=1S/C18H16FN3O3/c1-12-17(20-21-22(12)15-7-4-6-14(19)10-15)18(23)25-11-13-5-3-8-16(9-13)24-2/h3-10H,11H2,1-2H3. The van der Waals surface area contributed by atoms with Crippen molar-refractivity contribution < 1.29 is 18.7 Å². The number of nitrogens with zero attached hydrogens (tertiary/aromatic N) is 3. The third kappa shape index (κ3) is 3.65. The lowest BCUT2D eigenvalue weighted by Gasteiger charge is -2.06. The second-order valence-electron chi connectivity index (χ2n) is 5.34. The lowest BCUT2D eigenvalue weighted by atomic mass is 10.2. The van der Waals surface area contributed by atoms with Gasteiger partial charge in [-0.25, -0.2) is 13.9 Å². The zero-order valence-corrected chi connectivity index (χ0v) is 13.8. The minimum absolute atomic E-state index is 0.0856. The summed E-state index contributed by atoms with van der Waals surface area (Å²) < 4.78 is 25.2. The van der Waals surface area contributed by atoms with Gasteiger partial charge in [-0.3, -0.25) is 0 Å². The van der Waals surface area contributed by atoms with Crippen molar-refractivity contribution in [3.63, 3.8) is 0 Å². The molecular weight excluding hydrogens is 325 g/mol. The summed E-state index contributed by atoms with van der Waals surface area (Å²) in [6.45, 7) is 1.76. The number of esters is 1. The summed E-state index contributed by atoms with van der Waals surface area (Å²) in [4.78, 5) is 12.3. The molecule has 1 aromatic heterocycles. The zero-order chi connectivity index (χ0) is 17.8. The predicted octanol–water partition coefficient (Wildman–Crippen LogP) is 3.08. The second-order valence-corrected chi connectivity index (χ2v) is 5.34. The highest BCUT2D eigenvalue weighted by Crippen LogP contribution is 2.16. The van der Waals surface area contributed by atoms with Gasteiger partial charge < -0.3 is 9.47 Å². The summed E-state index contributed by atoms with van der Waals surface area (Å²) in [5, 5.41) is 7.77. The number of methoxy groups -OCH3 is 1. The van der Waals surface area contributed by atoms with Crippen LogP contribution in [-0.2, 0) is 11.3 Å². The Bertz CT molecular complexity index is 908. The normalized spacial score (nSPS) is 10.5. The van der Waals surface area contributed by atoms with Gasteiger partial charge >= 0.3 is 5.97 Å². The van der Waals surface area contributed by atoms with Crippen molar-refractivity contribution in [1.29, 1.82) is 0 Å². The van der Waals surface area contributed by atoms with Crippen LogP contribution in [0, 0.1) is 12.7 Å². The number of carbonyl (C=O) groups is 1. The third-order valence-corrected chi connectivity index (χ3v) is 3.64. The van der Waals surface area contributed by atoms with Gasteiger partial charge in [0.1, 0.15) is 18.2 Å². The van der Waals surface area contributed by atoms with Gasteiger partial charge in [-0.05, 0) is 42.8 Å². The lowest BCUT2D eigenvalue weighted by Crippen LogP contribution is -2.08. The summed E-state index contributed by atoms with van der Waals surface area (Å²) in [5.74, 6) is -0.306. The molecule has 0 N–H and O–H groups in total. The largest absolute Gasteiger partial charge is 0.497 e. The van der Waals surface area contributed by atoms with Crippen LogP contribution < -0.4 is 4.74 Å². The van der Waals surface area contributed by atoms with Crippen LogP contribution in [0.1, 0.15) is 21.7 Å². The molecule has 7 heteroatoms. The summed E-state index contributed by atoms with van der Waals surface area (Å²) in [5.41, 5.74) is 1.84. The van der Waals surface area contributed by atoms with Gasteiger partial charge in [0.25, 0.3) is 0 Å². The monoisotopic (exact) mass is 341 g/mol. The Morgan fingerprint density at radius 2 is 2.00 bits per heavy atom. The van der Waals surface area contributed by atoms with Crippen LogP contribution in [0.25, 0.3) is 5.69 Å². The van der Waals surface area contributed by atoms with E-state index in [4.69, 9.17) is 9.47 Å². The molecule has 0 unspecified atom stereocenters. The smallest absolute Gasteiger partial charge is 0.361 e. The van der Waals surface area contributed by atoms with E-state index in [0.717, 1.165) is 5.56 Å². The zero-order valence-electron chi connectivity index (χ0n) is 13.8. The van der Waals surface area contributed by atoms with Gasteiger partial charge in [0, 0.05) is 0 Å². The predicted molar refractivity (Wildman–Crippen MR) is 88.2 cm³/mol. The average molecular weight is 341 g/mol. The fraction of sp³-hybridized carbons (Fsp3) is 0.167. The fourth-order valence-electron chi connectivity index (χ4n) is 2.35. The first-order valence-corrected chi connectivity index (χ1v) is 7.57. The number of carbonyl (C=O) groups excluding carboxylic acids is 1.